The summed E-state index contributed by atoms with van der Waals surface area (Å²) >= 11 is 15.7. The number of amides is 2. The van der Waals surface area contributed by atoms with E-state index in [1.807, 2.05) is 89.4 Å². The Bertz CT molecular complexity index is 2730. The second-order valence-electron chi connectivity index (χ2n) is 18.5. The molecule has 17 heteroatoms. The Morgan fingerprint density at radius 2 is 1.17 bits per heavy atom. The van der Waals surface area contributed by atoms with Crippen LogP contribution in [0.5, 0.6) is 0 Å². The van der Waals surface area contributed by atoms with E-state index in [9.17, 15) is 15.0 Å². The van der Waals surface area contributed by atoms with Crippen LogP contribution in [0.2, 0.25) is 10.0 Å². The van der Waals surface area contributed by atoms with Gasteiger partial charge in [-0.3, -0.25) is 39.9 Å². The van der Waals surface area contributed by atoms with Crippen molar-refractivity contribution in [2.75, 3.05) is 31.2 Å². The molecule has 3 aromatic heterocycles. The first-order valence-corrected chi connectivity index (χ1v) is 23.9. The zero-order chi connectivity index (χ0) is 47.1. The molecule has 0 aliphatic carbocycles. The lowest BCUT2D eigenvalue weighted by Crippen LogP contribution is -2.43. The van der Waals surface area contributed by atoms with E-state index in [1.54, 1.807) is 35.3 Å². The first kappa shape index (κ1) is 47.9. The van der Waals surface area contributed by atoms with Crippen molar-refractivity contribution in [1.29, 1.82) is 10.8 Å². The summed E-state index contributed by atoms with van der Waals surface area (Å²) in [5, 5.41) is 36.0. The number of nitrogens with zero attached hydrogens (tertiary/aromatic N) is 6. The smallest absolute Gasteiger partial charge is 0.222 e. The fourth-order valence-electron chi connectivity index (χ4n) is 7.90. The topological polar surface area (TPSA) is 174 Å². The molecular weight excluding hydrogens is 900 g/mol. The Hall–Kier alpha value is -5.06. The van der Waals surface area contributed by atoms with Crippen molar-refractivity contribution >= 4 is 85.8 Å². The second-order valence-corrected chi connectivity index (χ2v) is 21.7. The second kappa shape index (κ2) is 19.0. The largest absolute Gasteiger partial charge is 0.380 e. The highest BCUT2D eigenvalue weighted by Gasteiger charge is 2.36. The van der Waals surface area contributed by atoms with Gasteiger partial charge in [0.15, 0.2) is 5.82 Å². The third kappa shape index (κ3) is 10.3. The summed E-state index contributed by atoms with van der Waals surface area (Å²) in [7, 11) is 0. The molecule has 4 N–H and O–H groups in total. The van der Waals surface area contributed by atoms with Crippen molar-refractivity contribution in [3.05, 3.63) is 113 Å². The summed E-state index contributed by atoms with van der Waals surface area (Å²) in [6.45, 7) is 21.3. The van der Waals surface area contributed by atoms with Gasteiger partial charge in [0.2, 0.25) is 11.8 Å². The van der Waals surface area contributed by atoms with Gasteiger partial charge in [0.1, 0.15) is 39.6 Å². The summed E-state index contributed by atoms with van der Waals surface area (Å²) in [6, 6.07) is 13.6. The number of carbonyl (C=O) groups is 2. The van der Waals surface area contributed by atoms with Crippen LogP contribution in [0.4, 0.5) is 5.00 Å². The minimum Gasteiger partial charge on any atom is -0.380 e. The average molecular weight is 956 g/mol. The number of hydrogen-bond acceptors (Lipinski definition) is 11. The van der Waals surface area contributed by atoms with Crippen molar-refractivity contribution in [1.82, 2.24) is 25.4 Å². The van der Waals surface area contributed by atoms with Gasteiger partial charge in [-0.05, 0) is 76.9 Å². The highest BCUT2D eigenvalue weighted by atomic mass is 35.5. The van der Waals surface area contributed by atoms with Crippen molar-refractivity contribution in [3.8, 4) is 5.00 Å². The summed E-state index contributed by atoms with van der Waals surface area (Å²) in [6.07, 6.45) is 0.00419. The zero-order valence-electron chi connectivity index (χ0n) is 38.5. The van der Waals surface area contributed by atoms with Crippen LogP contribution in [-0.4, -0.2) is 82.0 Å². The first-order chi connectivity index (χ1) is 30.6. The molecule has 2 aromatic carbocycles. The molecule has 2 atom stereocenters. The number of fused-ring (bicyclic) bond motifs is 4. The SMILES string of the molecule is CC(=N)N1C(=N)C(CC(=O)NCC(C)(C)COCC(C)(C)CNC(=O)CC2N=C(c3ccc(Cl)cc3)c3c(sc(C)c3C)-n3c(C)nnc32)N=C(c2ccc(Cl)cc2)c2c1sc(C)c2C. The molecule has 0 spiro atoms. The Kier molecular flexibility index (Phi) is 14.0. The quantitative estimate of drug-likeness (QED) is 0.0637. The number of aryl methyl sites for hydroxylation is 3. The minimum atomic E-state index is -0.833. The normalized spacial score (nSPS) is 16.2. The molecule has 0 saturated heterocycles. The van der Waals surface area contributed by atoms with Crippen LogP contribution in [-0.2, 0) is 14.3 Å². The average Bonchev–Trinajstić information content (AvgIpc) is 3.80. The standard InChI is InChI=1S/C48H56Cl2N10O3S2/c1-25-27(3)64-45-39(25)41(31-11-15-33(49)16-12-31)55-35(43(52)59(45)29(5)51)19-37(61)53-21-47(7,8)23-63-24-48(9,10)22-54-38(62)20-36-44-58-57-30(6)60(44)46-40(26(2)28(4)65-46)42(56-36)32-13-17-34(50)18-14-32/h11-18,35-36,51-52H,19-24H2,1-10H3,(H,53,61)(H,54,62). The molecule has 13 nitrogen and oxygen atoms in total. The van der Waals surface area contributed by atoms with E-state index in [0.29, 0.717) is 47.9 Å². The molecule has 0 fully saturated rings. The first-order valence-electron chi connectivity index (χ1n) is 21.5. The summed E-state index contributed by atoms with van der Waals surface area (Å²) in [4.78, 5) is 41.5. The predicted molar refractivity (Wildman–Crippen MR) is 265 cm³/mol. The molecule has 5 heterocycles. The molecule has 2 aliphatic rings. The number of aliphatic imine (C=N–C) groups is 2. The number of aromatic nitrogens is 3. The van der Waals surface area contributed by atoms with E-state index in [2.05, 4.69) is 34.7 Å². The van der Waals surface area contributed by atoms with Gasteiger partial charge in [-0.25, -0.2) is 0 Å². The number of halogens is 2. The maximum Gasteiger partial charge on any atom is 0.222 e. The Balaban J connectivity index is 0.961. The number of carbonyl (C=O) groups excluding carboxylic acids is 2. The minimum absolute atomic E-state index is 0.0704. The van der Waals surface area contributed by atoms with Crippen LogP contribution in [0.25, 0.3) is 5.00 Å². The fourth-order valence-corrected chi connectivity index (χ4v) is 10.6. The predicted octanol–water partition coefficient (Wildman–Crippen LogP) is 9.91. The Labute approximate surface area is 398 Å². The molecule has 342 valence electrons. The molecule has 2 amide bonds. The van der Waals surface area contributed by atoms with Crippen molar-refractivity contribution < 1.29 is 14.3 Å². The van der Waals surface area contributed by atoms with Crippen molar-refractivity contribution in [3.63, 3.8) is 0 Å². The number of thiophene rings is 2. The maximum atomic E-state index is 13.7. The van der Waals surface area contributed by atoms with Gasteiger partial charge < -0.3 is 15.4 Å². The molecule has 0 bridgehead atoms. The van der Waals surface area contributed by atoms with Crippen molar-refractivity contribution in [2.24, 2.45) is 20.8 Å². The van der Waals surface area contributed by atoms with Gasteiger partial charge >= 0.3 is 0 Å². The summed E-state index contributed by atoms with van der Waals surface area (Å²) < 4.78 is 8.29. The van der Waals surface area contributed by atoms with E-state index in [4.69, 9.17) is 43.3 Å². The van der Waals surface area contributed by atoms with Crippen molar-refractivity contribution in [2.45, 2.75) is 94.2 Å². The lowest BCUT2D eigenvalue weighted by Gasteiger charge is -2.30. The Morgan fingerprint density at radius 3 is 1.66 bits per heavy atom. The molecule has 7 rings (SSSR count). The van der Waals surface area contributed by atoms with Gasteiger partial charge in [-0.15, -0.1) is 32.9 Å². The highest BCUT2D eigenvalue weighted by Crippen LogP contribution is 2.42. The number of anilines is 1. The van der Waals surface area contributed by atoms with E-state index in [0.717, 1.165) is 59.8 Å². The van der Waals surface area contributed by atoms with E-state index in [-0.39, 0.29) is 36.3 Å². The molecule has 2 unspecified atom stereocenters. The third-order valence-corrected chi connectivity index (χ3v) is 14.6. The van der Waals surface area contributed by atoms with Crippen LogP contribution in [0, 0.1) is 56.3 Å². The lowest BCUT2D eigenvalue weighted by molar-refractivity contribution is -0.122. The van der Waals surface area contributed by atoms with Crippen LogP contribution < -0.4 is 15.5 Å². The van der Waals surface area contributed by atoms with Gasteiger partial charge in [-0.2, -0.15) is 0 Å². The fraction of sp³-hybridized carbons (Fsp3) is 0.417. The molecule has 2 aliphatic heterocycles. The lowest BCUT2D eigenvalue weighted by atomic mass is 9.92. The molecule has 0 saturated carbocycles. The number of benzene rings is 2. The monoisotopic (exact) mass is 954 g/mol. The van der Waals surface area contributed by atoms with Gasteiger partial charge in [0.05, 0.1) is 37.5 Å². The van der Waals surface area contributed by atoms with E-state index in [1.165, 1.54) is 16.2 Å². The third-order valence-electron chi connectivity index (χ3n) is 11.7. The maximum absolute atomic E-state index is 13.7. The van der Waals surface area contributed by atoms with Gasteiger partial charge in [-0.1, -0.05) is 75.2 Å². The molecule has 65 heavy (non-hydrogen) atoms. The highest BCUT2D eigenvalue weighted by molar-refractivity contribution is 7.17. The van der Waals surface area contributed by atoms with Crippen LogP contribution >= 0.6 is 45.9 Å². The number of rotatable bonds is 14. The van der Waals surface area contributed by atoms with Crippen LogP contribution in [0.15, 0.2) is 58.5 Å². The van der Waals surface area contributed by atoms with Crippen LogP contribution in [0.1, 0.15) is 108 Å². The number of nitrogens with one attached hydrogen (secondary N) is 4. The summed E-state index contributed by atoms with van der Waals surface area (Å²) in [5.74, 6) is 1.17. The van der Waals surface area contributed by atoms with E-state index >= 15 is 0 Å². The Morgan fingerprint density at radius 1 is 0.723 bits per heavy atom. The molecule has 0 radical (unpaired) electrons. The van der Waals surface area contributed by atoms with Gasteiger partial charge in [0, 0.05) is 66.0 Å². The molecule has 5 aromatic rings. The number of ether oxygens (including phenoxy) is 1. The van der Waals surface area contributed by atoms with Crippen LogP contribution in [0.3, 0.4) is 0 Å². The number of hydrogen-bond donors (Lipinski definition) is 4. The zero-order valence-corrected chi connectivity index (χ0v) is 41.6. The molecular formula is C48H56Cl2N10O3S2. The number of amidine groups is 2. The van der Waals surface area contributed by atoms with E-state index < -0.39 is 22.9 Å². The summed E-state index contributed by atoms with van der Waals surface area (Å²) in [5.41, 5.74) is 6.35. The van der Waals surface area contributed by atoms with Gasteiger partial charge in [0.25, 0.3) is 0 Å².